The van der Waals surface area contributed by atoms with Crippen molar-refractivity contribution in [1.82, 2.24) is 15.1 Å². The van der Waals surface area contributed by atoms with E-state index in [0.717, 1.165) is 13.1 Å². The van der Waals surface area contributed by atoms with E-state index >= 15 is 0 Å². The van der Waals surface area contributed by atoms with E-state index in [2.05, 4.69) is 36.1 Å². The molecule has 0 aromatic rings. The summed E-state index contributed by atoms with van der Waals surface area (Å²) in [4.78, 5) is 16.0. The van der Waals surface area contributed by atoms with Gasteiger partial charge in [0.25, 0.3) is 0 Å². The molecular formula is C14H29N3O2. The normalized spacial score (nSPS) is 26.1. The number of carbonyl (C=O) groups is 1. The molecule has 3 unspecified atom stereocenters. The predicted molar refractivity (Wildman–Crippen MR) is 77.5 cm³/mol. The maximum absolute atomic E-state index is 11.4. The van der Waals surface area contributed by atoms with E-state index in [0.29, 0.717) is 12.5 Å². The summed E-state index contributed by atoms with van der Waals surface area (Å²) in [6.07, 6.45) is 3.05. The van der Waals surface area contributed by atoms with E-state index in [1.807, 2.05) is 0 Å². The van der Waals surface area contributed by atoms with Crippen LogP contribution in [0.5, 0.6) is 0 Å². The van der Waals surface area contributed by atoms with Crippen LogP contribution in [0.25, 0.3) is 0 Å². The number of nitrogens with zero attached hydrogens (tertiary/aromatic N) is 2. The average molecular weight is 271 g/mol. The van der Waals surface area contributed by atoms with Crippen LogP contribution < -0.4 is 5.32 Å². The number of hydrogen-bond acceptors (Lipinski definition) is 4. The average Bonchev–Trinajstić information content (AvgIpc) is 2.38. The summed E-state index contributed by atoms with van der Waals surface area (Å²) in [5.41, 5.74) is -0.843. The van der Waals surface area contributed by atoms with Gasteiger partial charge < -0.3 is 15.3 Å². The summed E-state index contributed by atoms with van der Waals surface area (Å²) >= 11 is 0. The number of likely N-dealkylation sites (N-methyl/N-ethyl adjacent to an activating group) is 2. The van der Waals surface area contributed by atoms with E-state index in [1.165, 1.54) is 12.8 Å². The second kappa shape index (κ2) is 6.68. The van der Waals surface area contributed by atoms with E-state index in [-0.39, 0.29) is 6.04 Å². The van der Waals surface area contributed by atoms with Crippen molar-refractivity contribution < 1.29 is 9.90 Å². The molecule has 19 heavy (non-hydrogen) atoms. The number of aliphatic carboxylic acids is 1. The second-order valence-electron chi connectivity index (χ2n) is 6.20. The lowest BCUT2D eigenvalue weighted by atomic mass is 9.91. The number of hydrogen-bond donors (Lipinski definition) is 2. The van der Waals surface area contributed by atoms with Crippen LogP contribution in [-0.2, 0) is 4.79 Å². The number of carboxylic acids is 1. The van der Waals surface area contributed by atoms with Gasteiger partial charge in [-0.1, -0.05) is 0 Å². The highest BCUT2D eigenvalue weighted by atomic mass is 16.4. The zero-order valence-electron chi connectivity index (χ0n) is 12.9. The zero-order chi connectivity index (χ0) is 14.6. The third-order valence-corrected chi connectivity index (χ3v) is 4.51. The van der Waals surface area contributed by atoms with Crippen LogP contribution in [0.1, 0.15) is 33.1 Å². The SMILES string of the molecule is CNC(C)(CC(C)N1CCCC(N(C)C)C1)C(=O)O. The molecule has 1 fully saturated rings. The molecule has 1 rings (SSSR count). The first-order chi connectivity index (χ1) is 8.80. The molecule has 2 N–H and O–H groups in total. The van der Waals surface area contributed by atoms with Crippen LogP contribution in [0.4, 0.5) is 0 Å². The summed E-state index contributed by atoms with van der Waals surface area (Å²) in [7, 11) is 5.96. The number of nitrogens with one attached hydrogen (secondary N) is 1. The fourth-order valence-electron chi connectivity index (χ4n) is 2.82. The Balaban J connectivity index is 2.62. The molecule has 0 aliphatic carbocycles. The van der Waals surface area contributed by atoms with Gasteiger partial charge in [0.1, 0.15) is 5.54 Å². The number of piperidine rings is 1. The summed E-state index contributed by atoms with van der Waals surface area (Å²) in [6, 6.07) is 0.859. The van der Waals surface area contributed by atoms with Gasteiger partial charge in [0.15, 0.2) is 0 Å². The fourth-order valence-corrected chi connectivity index (χ4v) is 2.82. The van der Waals surface area contributed by atoms with Crippen LogP contribution in [-0.4, -0.2) is 72.7 Å². The summed E-state index contributed by atoms with van der Waals surface area (Å²) in [5, 5.41) is 12.3. The summed E-state index contributed by atoms with van der Waals surface area (Å²) in [5.74, 6) is -0.775. The highest BCUT2D eigenvalue weighted by Crippen LogP contribution is 2.21. The third-order valence-electron chi connectivity index (χ3n) is 4.51. The molecular weight excluding hydrogens is 242 g/mol. The lowest BCUT2D eigenvalue weighted by molar-refractivity contribution is -0.144. The van der Waals surface area contributed by atoms with Gasteiger partial charge in [0.2, 0.25) is 0 Å². The molecule has 0 bridgehead atoms. The van der Waals surface area contributed by atoms with Gasteiger partial charge in [-0.2, -0.15) is 0 Å². The largest absolute Gasteiger partial charge is 0.480 e. The smallest absolute Gasteiger partial charge is 0.323 e. The van der Waals surface area contributed by atoms with E-state index < -0.39 is 11.5 Å². The first-order valence-corrected chi connectivity index (χ1v) is 7.13. The van der Waals surface area contributed by atoms with Crippen LogP contribution in [0.2, 0.25) is 0 Å². The Hall–Kier alpha value is -0.650. The van der Waals surface area contributed by atoms with Crippen molar-refractivity contribution in [2.24, 2.45) is 0 Å². The molecule has 0 radical (unpaired) electrons. The molecule has 3 atom stereocenters. The van der Waals surface area contributed by atoms with Gasteiger partial charge in [-0.25, -0.2) is 0 Å². The molecule has 1 heterocycles. The minimum atomic E-state index is -0.843. The van der Waals surface area contributed by atoms with Crippen molar-refractivity contribution in [1.29, 1.82) is 0 Å². The van der Waals surface area contributed by atoms with Crippen molar-refractivity contribution in [3.63, 3.8) is 0 Å². The van der Waals surface area contributed by atoms with Crippen LogP contribution >= 0.6 is 0 Å². The van der Waals surface area contributed by atoms with Gasteiger partial charge >= 0.3 is 5.97 Å². The highest BCUT2D eigenvalue weighted by Gasteiger charge is 2.35. The number of rotatable bonds is 6. The molecule has 1 saturated heterocycles. The Morgan fingerprint density at radius 2 is 2.21 bits per heavy atom. The molecule has 1 aliphatic rings. The predicted octanol–water partition coefficient (Wildman–Crippen LogP) is 0.854. The van der Waals surface area contributed by atoms with Crippen LogP contribution in [0, 0.1) is 0 Å². The van der Waals surface area contributed by atoms with Crippen LogP contribution in [0.15, 0.2) is 0 Å². The Bertz CT molecular complexity index is 309. The molecule has 0 saturated carbocycles. The van der Waals surface area contributed by atoms with Crippen LogP contribution in [0.3, 0.4) is 0 Å². The summed E-state index contributed by atoms with van der Waals surface area (Å²) in [6.45, 7) is 6.01. The Kier molecular flexibility index (Phi) is 5.77. The summed E-state index contributed by atoms with van der Waals surface area (Å²) < 4.78 is 0. The molecule has 0 aromatic heterocycles. The molecule has 5 nitrogen and oxygen atoms in total. The molecule has 5 heteroatoms. The molecule has 0 amide bonds. The van der Waals surface area contributed by atoms with E-state index in [4.69, 9.17) is 0 Å². The zero-order valence-corrected chi connectivity index (χ0v) is 12.9. The molecule has 0 spiro atoms. The van der Waals surface area contributed by atoms with Crippen molar-refractivity contribution in [3.8, 4) is 0 Å². The molecule has 1 aliphatic heterocycles. The number of carboxylic acid groups (broad SMARTS) is 1. The molecule has 0 aromatic carbocycles. The minimum absolute atomic E-state index is 0.274. The molecule has 112 valence electrons. The third kappa shape index (κ3) is 4.16. The quantitative estimate of drug-likeness (QED) is 0.750. The Morgan fingerprint density at radius 3 is 2.68 bits per heavy atom. The van der Waals surface area contributed by atoms with Crippen molar-refractivity contribution in [2.45, 2.75) is 50.7 Å². The van der Waals surface area contributed by atoms with Crippen molar-refractivity contribution >= 4 is 5.97 Å². The first-order valence-electron chi connectivity index (χ1n) is 7.13. The van der Waals surface area contributed by atoms with Crippen molar-refractivity contribution in [3.05, 3.63) is 0 Å². The first kappa shape index (κ1) is 16.4. The Labute approximate surface area is 117 Å². The van der Waals surface area contributed by atoms with Crippen molar-refractivity contribution in [2.75, 3.05) is 34.2 Å². The standard InChI is InChI=1S/C14H29N3O2/c1-11(9-14(2,15-3)13(18)19)17-8-6-7-12(10-17)16(4)5/h11-12,15H,6-10H2,1-5H3,(H,18,19). The van der Waals surface area contributed by atoms with Gasteiger partial charge in [0, 0.05) is 18.6 Å². The van der Waals surface area contributed by atoms with Gasteiger partial charge in [-0.3, -0.25) is 9.69 Å². The topological polar surface area (TPSA) is 55.8 Å². The maximum atomic E-state index is 11.4. The maximum Gasteiger partial charge on any atom is 0.323 e. The Morgan fingerprint density at radius 1 is 1.58 bits per heavy atom. The van der Waals surface area contributed by atoms with Gasteiger partial charge in [0.05, 0.1) is 0 Å². The van der Waals surface area contributed by atoms with E-state index in [9.17, 15) is 9.90 Å². The second-order valence-corrected chi connectivity index (χ2v) is 6.20. The van der Waals surface area contributed by atoms with E-state index in [1.54, 1.807) is 14.0 Å². The lowest BCUT2D eigenvalue weighted by Gasteiger charge is -2.41. The van der Waals surface area contributed by atoms with Gasteiger partial charge in [-0.05, 0) is 60.8 Å². The van der Waals surface area contributed by atoms with Gasteiger partial charge in [-0.15, -0.1) is 0 Å². The highest BCUT2D eigenvalue weighted by molar-refractivity contribution is 5.78. The fraction of sp³-hybridized carbons (Fsp3) is 0.929. The minimum Gasteiger partial charge on any atom is -0.480 e. The monoisotopic (exact) mass is 271 g/mol. The number of likely N-dealkylation sites (tertiary alicyclic amines) is 1. The lowest BCUT2D eigenvalue weighted by Crippen LogP contribution is -2.54.